The molecule has 0 bridgehead atoms. The van der Waals surface area contributed by atoms with Crippen LogP contribution in [0.3, 0.4) is 0 Å². The summed E-state index contributed by atoms with van der Waals surface area (Å²) in [5, 5.41) is 0. The summed E-state index contributed by atoms with van der Waals surface area (Å²) >= 11 is -3.51. The van der Waals surface area contributed by atoms with Crippen LogP contribution in [0.5, 0.6) is 0 Å². The number of alkyl halides is 6. The second-order valence-corrected chi connectivity index (χ2v) is 3.41. The van der Waals surface area contributed by atoms with Crippen LogP contribution in [0.25, 0.3) is 0 Å². The first kappa shape index (κ1) is 11.4. The second-order valence-electron chi connectivity index (χ2n) is 1.18. The molecule has 0 saturated heterocycles. The average Bonchev–Trinajstić information content (AvgIpc) is 1.55. The van der Waals surface area contributed by atoms with E-state index in [1.165, 1.54) is 0 Å². The maximum atomic E-state index is 11.0. The Labute approximate surface area is 70.0 Å². The molecule has 2 radical (unpaired) electrons. The minimum absolute atomic E-state index is 2.86. The SMILES string of the molecule is FC(F)(F)[O][Pb][O]C(F)(F)F. The van der Waals surface area contributed by atoms with Crippen LogP contribution in [0.2, 0.25) is 0 Å². The number of hydrogen-bond acceptors (Lipinski definition) is 2. The summed E-state index contributed by atoms with van der Waals surface area (Å²) in [5.74, 6) is 0. The molecule has 0 rings (SSSR count). The van der Waals surface area contributed by atoms with Crippen molar-refractivity contribution in [3.8, 4) is 0 Å². The third-order valence-electron chi connectivity index (χ3n) is 0.315. The summed E-state index contributed by atoms with van der Waals surface area (Å²) in [6.45, 7) is 0. The van der Waals surface area contributed by atoms with E-state index < -0.39 is 37.9 Å². The fourth-order valence-electron chi connectivity index (χ4n) is 0.115. The zero-order valence-corrected chi connectivity index (χ0v) is 8.47. The van der Waals surface area contributed by atoms with E-state index in [4.69, 9.17) is 0 Å². The molecule has 0 aromatic carbocycles. The molecule has 11 heavy (non-hydrogen) atoms. The van der Waals surface area contributed by atoms with Crippen LogP contribution in [0.1, 0.15) is 0 Å². The molecule has 0 heterocycles. The van der Waals surface area contributed by atoms with Gasteiger partial charge < -0.3 is 0 Å². The molecule has 9 heteroatoms. The number of hydrogen-bond donors (Lipinski definition) is 0. The summed E-state index contributed by atoms with van der Waals surface area (Å²) in [7, 11) is 0. The molecule has 0 fully saturated rings. The van der Waals surface area contributed by atoms with Gasteiger partial charge in [-0.05, 0) is 0 Å². The van der Waals surface area contributed by atoms with Crippen molar-refractivity contribution < 1.29 is 31.7 Å². The fourth-order valence-corrected chi connectivity index (χ4v) is 1.01. The second kappa shape index (κ2) is 3.89. The van der Waals surface area contributed by atoms with Crippen molar-refractivity contribution in [2.24, 2.45) is 0 Å². The van der Waals surface area contributed by atoms with Gasteiger partial charge in [0.1, 0.15) is 0 Å². The van der Waals surface area contributed by atoms with Crippen LogP contribution >= 0.6 is 0 Å². The molecule has 0 atom stereocenters. The molecule has 0 aliphatic heterocycles. The predicted octanol–water partition coefficient (Wildman–Crippen LogP) is 1.59. The molecular formula is C2F6O2Pb. The molecule has 0 N–H and O–H groups in total. The quantitative estimate of drug-likeness (QED) is 0.538. The van der Waals surface area contributed by atoms with Gasteiger partial charge in [0, 0.05) is 0 Å². The van der Waals surface area contributed by atoms with Gasteiger partial charge in [0.2, 0.25) is 0 Å². The molecule has 0 spiro atoms. The molecule has 0 aliphatic carbocycles. The molecular weight excluding hydrogens is 377 g/mol. The van der Waals surface area contributed by atoms with E-state index in [0.29, 0.717) is 0 Å². The Morgan fingerprint density at radius 1 is 0.727 bits per heavy atom. The van der Waals surface area contributed by atoms with Crippen LogP contribution < -0.4 is 0 Å². The third kappa shape index (κ3) is 10.4. The summed E-state index contributed by atoms with van der Waals surface area (Å²) in [6, 6.07) is 0. The standard InChI is InChI=1S/2CF3O.Pb/c2*2-1(3,4)5;/q2*-1;+2. The normalized spacial score (nSPS) is 13.6. The fraction of sp³-hybridized carbons (Fsp3) is 1.00. The third-order valence-corrected chi connectivity index (χ3v) is 2.76. The van der Waals surface area contributed by atoms with Crippen molar-refractivity contribution >= 4 is 25.1 Å². The van der Waals surface area contributed by atoms with E-state index in [2.05, 4.69) is 5.37 Å². The molecule has 0 aliphatic rings. The Balaban J connectivity index is 3.44. The molecule has 66 valence electrons. The molecule has 0 aromatic heterocycles. The Kier molecular flexibility index (Phi) is 4.04. The summed E-state index contributed by atoms with van der Waals surface area (Å²) in [5.41, 5.74) is 0. The van der Waals surface area contributed by atoms with E-state index in [-0.39, 0.29) is 0 Å². The van der Waals surface area contributed by atoms with Gasteiger partial charge in [-0.15, -0.1) is 0 Å². The topological polar surface area (TPSA) is 18.5 Å². The first-order valence-corrected chi connectivity index (χ1v) is 5.12. The monoisotopic (exact) mass is 378 g/mol. The van der Waals surface area contributed by atoms with Gasteiger partial charge in [0.25, 0.3) is 0 Å². The van der Waals surface area contributed by atoms with Gasteiger partial charge >= 0.3 is 69.6 Å². The van der Waals surface area contributed by atoms with Crippen LogP contribution in [0, 0.1) is 0 Å². The summed E-state index contributed by atoms with van der Waals surface area (Å²) in [6.07, 6.45) is -10.0. The minimum atomic E-state index is -5.02. The zero-order valence-electron chi connectivity index (χ0n) is 4.58. The van der Waals surface area contributed by atoms with Gasteiger partial charge in [-0.2, -0.15) is 0 Å². The van der Waals surface area contributed by atoms with Gasteiger partial charge in [-0.25, -0.2) is 0 Å². The average molecular weight is 377 g/mol. The predicted molar refractivity (Wildman–Crippen MR) is 20.0 cm³/mol. The molecule has 0 unspecified atom stereocenters. The van der Waals surface area contributed by atoms with Crippen molar-refractivity contribution in [1.29, 1.82) is 0 Å². The summed E-state index contributed by atoms with van der Waals surface area (Å²) < 4.78 is 71.8. The first-order chi connectivity index (χ1) is 4.71. The molecule has 2 nitrogen and oxygen atoms in total. The van der Waals surface area contributed by atoms with E-state index in [1.807, 2.05) is 0 Å². The van der Waals surface area contributed by atoms with Gasteiger partial charge in [0.05, 0.1) is 0 Å². The van der Waals surface area contributed by atoms with Gasteiger partial charge in [-0.1, -0.05) is 0 Å². The number of rotatable bonds is 2. The van der Waals surface area contributed by atoms with E-state index in [9.17, 15) is 26.3 Å². The Bertz CT molecular complexity index is 103. The molecule has 0 saturated carbocycles. The van der Waals surface area contributed by atoms with Crippen LogP contribution in [-0.4, -0.2) is 37.9 Å². The van der Waals surface area contributed by atoms with E-state index in [0.717, 1.165) is 0 Å². The summed E-state index contributed by atoms with van der Waals surface area (Å²) in [4.78, 5) is 0. The van der Waals surface area contributed by atoms with E-state index in [1.54, 1.807) is 0 Å². The van der Waals surface area contributed by atoms with Crippen molar-refractivity contribution in [3.05, 3.63) is 0 Å². The van der Waals surface area contributed by atoms with Crippen molar-refractivity contribution in [1.82, 2.24) is 0 Å². The molecule has 0 amide bonds. The zero-order chi connectivity index (χ0) is 9.12. The van der Waals surface area contributed by atoms with Crippen molar-refractivity contribution in [3.63, 3.8) is 0 Å². The maximum absolute atomic E-state index is 11.0. The van der Waals surface area contributed by atoms with Gasteiger partial charge in [-0.3, -0.25) is 0 Å². The van der Waals surface area contributed by atoms with Crippen LogP contribution in [0.15, 0.2) is 0 Å². The van der Waals surface area contributed by atoms with Crippen LogP contribution in [-0.2, 0) is 5.37 Å². The van der Waals surface area contributed by atoms with E-state index >= 15 is 0 Å². The van der Waals surface area contributed by atoms with Crippen LogP contribution in [0.4, 0.5) is 26.3 Å². The Hall–Kier alpha value is 0.422. The Morgan fingerprint density at radius 2 is 1.00 bits per heavy atom. The van der Waals surface area contributed by atoms with Crippen molar-refractivity contribution in [2.75, 3.05) is 0 Å². The Morgan fingerprint density at radius 3 is 1.18 bits per heavy atom. The number of halogens is 6. The van der Waals surface area contributed by atoms with Gasteiger partial charge in [0.15, 0.2) is 0 Å². The van der Waals surface area contributed by atoms with Crippen molar-refractivity contribution in [2.45, 2.75) is 12.7 Å². The first-order valence-electron chi connectivity index (χ1n) is 1.95. The molecule has 0 aromatic rings.